The van der Waals surface area contributed by atoms with Gasteiger partial charge in [-0.2, -0.15) is 0 Å². The Kier molecular flexibility index (Phi) is 4.51. The minimum absolute atomic E-state index is 0.0454. The van der Waals surface area contributed by atoms with Gasteiger partial charge in [-0.3, -0.25) is 4.79 Å². The van der Waals surface area contributed by atoms with Gasteiger partial charge in [0, 0.05) is 25.0 Å². The summed E-state index contributed by atoms with van der Waals surface area (Å²) in [5.74, 6) is 0.443. The third kappa shape index (κ3) is 3.55. The zero-order chi connectivity index (χ0) is 17.2. The number of amides is 1. The predicted octanol–water partition coefficient (Wildman–Crippen LogP) is 3.63. The molecule has 0 radical (unpaired) electrons. The number of aromatic nitrogens is 2. The Hall–Kier alpha value is -2.43. The van der Waals surface area contributed by atoms with Gasteiger partial charge in [-0.15, -0.1) is 0 Å². The fourth-order valence-electron chi connectivity index (χ4n) is 2.98. The molecule has 2 heterocycles. The summed E-state index contributed by atoms with van der Waals surface area (Å²) in [6, 6.07) is 9.56. The van der Waals surface area contributed by atoms with Gasteiger partial charge in [-0.1, -0.05) is 39.0 Å². The van der Waals surface area contributed by atoms with Gasteiger partial charge < -0.3 is 10.2 Å². The van der Waals surface area contributed by atoms with Gasteiger partial charge in [-0.25, -0.2) is 9.97 Å². The smallest absolute Gasteiger partial charge is 0.274 e. The number of rotatable bonds is 3. The average molecular weight is 324 g/mol. The van der Waals surface area contributed by atoms with Crippen molar-refractivity contribution in [2.24, 2.45) is 0 Å². The van der Waals surface area contributed by atoms with E-state index in [1.165, 1.54) is 0 Å². The highest BCUT2D eigenvalue weighted by Gasteiger charge is 2.20. The summed E-state index contributed by atoms with van der Waals surface area (Å²) in [6.45, 7) is 8.31. The van der Waals surface area contributed by atoms with Gasteiger partial charge in [0.2, 0.25) is 5.95 Å². The van der Waals surface area contributed by atoms with E-state index >= 15 is 0 Å². The number of benzene rings is 1. The van der Waals surface area contributed by atoms with Crippen LogP contribution in [0.1, 0.15) is 49.7 Å². The molecule has 0 saturated carbocycles. The first-order chi connectivity index (χ1) is 11.4. The van der Waals surface area contributed by atoms with E-state index in [4.69, 9.17) is 0 Å². The number of nitrogens with one attached hydrogen (secondary N) is 1. The third-order valence-electron chi connectivity index (χ3n) is 4.25. The van der Waals surface area contributed by atoms with Gasteiger partial charge in [0.05, 0.1) is 0 Å². The van der Waals surface area contributed by atoms with Gasteiger partial charge >= 0.3 is 0 Å². The highest BCUT2D eigenvalue weighted by Crippen LogP contribution is 2.29. The Labute approximate surface area is 143 Å². The molecule has 0 atom stereocenters. The first-order valence-corrected chi connectivity index (χ1v) is 8.44. The number of para-hydroxylation sites is 1. The van der Waals surface area contributed by atoms with E-state index in [0.717, 1.165) is 37.2 Å². The molecule has 1 saturated heterocycles. The van der Waals surface area contributed by atoms with Crippen LogP contribution in [0, 0.1) is 0 Å². The molecule has 0 spiro atoms. The molecule has 0 bridgehead atoms. The molecule has 5 heteroatoms. The number of hydrogen-bond acceptors (Lipinski definition) is 4. The molecule has 3 rings (SSSR count). The highest BCUT2D eigenvalue weighted by atomic mass is 16.1. The molecular weight excluding hydrogens is 300 g/mol. The summed E-state index contributed by atoms with van der Waals surface area (Å²) in [7, 11) is 0. The molecular formula is C19H24N4O. The molecule has 0 aliphatic carbocycles. The molecule has 1 fully saturated rings. The molecule has 1 aliphatic rings. The normalized spacial score (nSPS) is 14.7. The SMILES string of the molecule is CC(C)(C)c1ccccc1NC(=O)c1ccnc(N2CCCC2)n1. The highest BCUT2D eigenvalue weighted by molar-refractivity contribution is 6.03. The number of nitrogens with zero attached hydrogens (tertiary/aromatic N) is 3. The Bertz CT molecular complexity index is 730. The third-order valence-corrected chi connectivity index (χ3v) is 4.25. The lowest BCUT2D eigenvalue weighted by Gasteiger charge is -2.23. The molecule has 2 aromatic rings. The van der Waals surface area contributed by atoms with Gasteiger partial charge in [0.25, 0.3) is 5.91 Å². The van der Waals surface area contributed by atoms with Crippen molar-refractivity contribution in [2.45, 2.75) is 39.0 Å². The predicted molar refractivity (Wildman–Crippen MR) is 96.6 cm³/mol. The summed E-state index contributed by atoms with van der Waals surface area (Å²) in [6.07, 6.45) is 3.96. The van der Waals surface area contributed by atoms with Crippen LogP contribution in [0.25, 0.3) is 0 Å². The quantitative estimate of drug-likeness (QED) is 0.937. The Balaban J connectivity index is 1.82. The number of anilines is 2. The summed E-state index contributed by atoms with van der Waals surface area (Å²) in [5.41, 5.74) is 2.29. The fourth-order valence-corrected chi connectivity index (χ4v) is 2.98. The summed E-state index contributed by atoms with van der Waals surface area (Å²) >= 11 is 0. The molecule has 1 N–H and O–H groups in total. The zero-order valence-corrected chi connectivity index (χ0v) is 14.5. The Morgan fingerprint density at radius 3 is 2.54 bits per heavy atom. The van der Waals surface area contributed by atoms with Crippen molar-refractivity contribution in [3.8, 4) is 0 Å². The summed E-state index contributed by atoms with van der Waals surface area (Å²) in [5, 5.41) is 3.00. The van der Waals surface area contributed by atoms with Gasteiger partial charge in [0.15, 0.2) is 0 Å². The minimum Gasteiger partial charge on any atom is -0.341 e. The lowest BCUT2D eigenvalue weighted by Crippen LogP contribution is -2.23. The van der Waals surface area contributed by atoms with Gasteiger partial charge in [0.1, 0.15) is 5.69 Å². The van der Waals surface area contributed by atoms with Crippen molar-refractivity contribution >= 4 is 17.5 Å². The van der Waals surface area contributed by atoms with E-state index in [2.05, 4.69) is 41.0 Å². The fraction of sp³-hybridized carbons (Fsp3) is 0.421. The maximum Gasteiger partial charge on any atom is 0.274 e. The molecule has 5 nitrogen and oxygen atoms in total. The van der Waals surface area contributed by atoms with Crippen molar-refractivity contribution < 1.29 is 4.79 Å². The van der Waals surface area contributed by atoms with E-state index in [1.807, 2.05) is 24.3 Å². The maximum atomic E-state index is 12.6. The molecule has 1 amide bonds. The average Bonchev–Trinajstić information content (AvgIpc) is 3.09. The molecule has 0 unspecified atom stereocenters. The molecule has 1 aromatic carbocycles. The van der Waals surface area contributed by atoms with Crippen molar-refractivity contribution in [1.29, 1.82) is 0 Å². The lowest BCUT2D eigenvalue weighted by molar-refractivity contribution is 0.102. The van der Waals surface area contributed by atoms with Crippen molar-refractivity contribution in [3.63, 3.8) is 0 Å². The van der Waals surface area contributed by atoms with E-state index in [1.54, 1.807) is 12.3 Å². The summed E-state index contributed by atoms with van der Waals surface area (Å²) in [4.78, 5) is 23.5. The number of hydrogen-bond donors (Lipinski definition) is 1. The monoisotopic (exact) mass is 324 g/mol. The van der Waals surface area contributed by atoms with Crippen LogP contribution in [-0.4, -0.2) is 29.0 Å². The van der Waals surface area contributed by atoms with Crippen LogP contribution in [0.15, 0.2) is 36.5 Å². The van der Waals surface area contributed by atoms with E-state index < -0.39 is 0 Å². The second-order valence-electron chi connectivity index (χ2n) is 7.19. The number of carbonyl (C=O) groups is 1. The van der Waals surface area contributed by atoms with Crippen LogP contribution >= 0.6 is 0 Å². The van der Waals surface area contributed by atoms with E-state index in [-0.39, 0.29) is 11.3 Å². The second-order valence-corrected chi connectivity index (χ2v) is 7.19. The lowest BCUT2D eigenvalue weighted by atomic mass is 9.86. The summed E-state index contributed by atoms with van der Waals surface area (Å²) < 4.78 is 0. The Morgan fingerprint density at radius 1 is 1.12 bits per heavy atom. The molecule has 24 heavy (non-hydrogen) atoms. The topological polar surface area (TPSA) is 58.1 Å². The first kappa shape index (κ1) is 16.4. The molecule has 1 aliphatic heterocycles. The van der Waals surface area contributed by atoms with Crippen molar-refractivity contribution in [3.05, 3.63) is 47.8 Å². The molecule has 1 aromatic heterocycles. The molecule has 126 valence electrons. The van der Waals surface area contributed by atoms with E-state index in [9.17, 15) is 4.79 Å². The first-order valence-electron chi connectivity index (χ1n) is 8.44. The standard InChI is InChI=1S/C19H24N4O/c1-19(2,3)14-8-4-5-9-15(14)21-17(24)16-10-11-20-18(22-16)23-12-6-7-13-23/h4-5,8-11H,6-7,12-13H2,1-3H3,(H,21,24). The van der Waals surface area contributed by atoms with Crippen LogP contribution < -0.4 is 10.2 Å². The van der Waals surface area contributed by atoms with Crippen molar-refractivity contribution in [1.82, 2.24) is 9.97 Å². The second kappa shape index (κ2) is 6.59. The maximum absolute atomic E-state index is 12.6. The van der Waals surface area contributed by atoms with Crippen LogP contribution in [0.4, 0.5) is 11.6 Å². The number of carbonyl (C=O) groups excluding carboxylic acids is 1. The largest absolute Gasteiger partial charge is 0.341 e. The van der Waals surface area contributed by atoms with Crippen LogP contribution in [0.5, 0.6) is 0 Å². The van der Waals surface area contributed by atoms with E-state index in [0.29, 0.717) is 11.6 Å². The zero-order valence-electron chi connectivity index (χ0n) is 14.5. The van der Waals surface area contributed by atoms with Crippen LogP contribution in [0.2, 0.25) is 0 Å². The van der Waals surface area contributed by atoms with Crippen LogP contribution in [0.3, 0.4) is 0 Å². The van der Waals surface area contributed by atoms with Gasteiger partial charge in [-0.05, 0) is 36.0 Å². The minimum atomic E-state index is -0.199. The Morgan fingerprint density at radius 2 is 1.83 bits per heavy atom. The van der Waals surface area contributed by atoms with Crippen LogP contribution in [-0.2, 0) is 5.41 Å². The van der Waals surface area contributed by atoms with Crippen molar-refractivity contribution in [2.75, 3.05) is 23.3 Å².